The van der Waals surface area contributed by atoms with Crippen LogP contribution in [0.25, 0.3) is 45.6 Å². The van der Waals surface area contributed by atoms with E-state index in [0.29, 0.717) is 34.8 Å². The standard InChI is InChI=1S/C24H20N6O2.C2H6/c1-31-19-14-20(32-2)18(24-26-22(28-30-24)16-11-7-4-8-12-16)13-17(19)23-25-21(27-29-23)15-9-5-3-6-10-15;1-2/h3-14H,1-2H3,(H,25,27,29)(H,26,28,30);1-2H3. The Balaban J connectivity index is 0.00000133. The van der Waals surface area contributed by atoms with Gasteiger partial charge in [0.05, 0.1) is 25.3 Å². The first-order chi connectivity index (χ1) is 16.8. The zero-order valence-electron chi connectivity index (χ0n) is 19.5. The van der Waals surface area contributed by atoms with E-state index in [1.807, 2.05) is 80.6 Å². The first kappa shape index (κ1) is 22.7. The van der Waals surface area contributed by atoms with Gasteiger partial charge >= 0.3 is 0 Å². The maximum atomic E-state index is 5.61. The van der Waals surface area contributed by atoms with Gasteiger partial charge in [0.2, 0.25) is 0 Å². The molecular formula is C26H26N6O2. The van der Waals surface area contributed by atoms with Gasteiger partial charge in [-0.25, -0.2) is 9.97 Å². The maximum Gasteiger partial charge on any atom is 0.181 e. The van der Waals surface area contributed by atoms with Gasteiger partial charge in [0, 0.05) is 17.2 Å². The van der Waals surface area contributed by atoms with Crippen LogP contribution < -0.4 is 9.47 Å². The van der Waals surface area contributed by atoms with E-state index in [-0.39, 0.29) is 0 Å². The molecule has 0 radical (unpaired) electrons. The summed E-state index contributed by atoms with van der Waals surface area (Å²) in [5, 5.41) is 14.8. The highest BCUT2D eigenvalue weighted by Gasteiger charge is 2.20. The number of hydrogen-bond acceptors (Lipinski definition) is 6. The Labute approximate surface area is 198 Å². The van der Waals surface area contributed by atoms with Crippen LogP contribution in [-0.2, 0) is 0 Å². The number of aromatic amines is 2. The highest BCUT2D eigenvalue weighted by molar-refractivity contribution is 5.78. The second-order valence-corrected chi connectivity index (χ2v) is 7.00. The molecule has 0 unspecified atom stereocenters. The van der Waals surface area contributed by atoms with Crippen molar-refractivity contribution in [1.29, 1.82) is 0 Å². The summed E-state index contributed by atoms with van der Waals surface area (Å²) >= 11 is 0. The van der Waals surface area contributed by atoms with Crippen LogP contribution in [0.15, 0.2) is 72.8 Å². The van der Waals surface area contributed by atoms with Gasteiger partial charge in [-0.05, 0) is 6.07 Å². The zero-order valence-corrected chi connectivity index (χ0v) is 19.5. The Morgan fingerprint density at radius 3 is 1.38 bits per heavy atom. The highest BCUT2D eigenvalue weighted by Crippen LogP contribution is 2.39. The molecule has 0 atom stereocenters. The molecule has 34 heavy (non-hydrogen) atoms. The third-order valence-electron chi connectivity index (χ3n) is 5.07. The minimum Gasteiger partial charge on any atom is -0.496 e. The van der Waals surface area contributed by atoms with Gasteiger partial charge in [-0.15, -0.1) is 0 Å². The smallest absolute Gasteiger partial charge is 0.181 e. The Hall–Kier alpha value is -4.46. The lowest BCUT2D eigenvalue weighted by Gasteiger charge is -2.12. The molecule has 0 saturated heterocycles. The Bertz CT molecular complexity index is 1250. The van der Waals surface area contributed by atoms with Crippen molar-refractivity contribution in [1.82, 2.24) is 30.4 Å². The largest absolute Gasteiger partial charge is 0.496 e. The van der Waals surface area contributed by atoms with Crippen molar-refractivity contribution >= 4 is 0 Å². The molecule has 2 heterocycles. The second-order valence-electron chi connectivity index (χ2n) is 7.00. The summed E-state index contributed by atoms with van der Waals surface area (Å²) < 4.78 is 11.2. The molecule has 0 saturated carbocycles. The number of benzene rings is 3. The molecule has 0 spiro atoms. The van der Waals surface area contributed by atoms with Crippen molar-refractivity contribution in [3.05, 3.63) is 72.8 Å². The molecule has 5 aromatic rings. The molecule has 172 valence electrons. The van der Waals surface area contributed by atoms with Crippen LogP contribution in [0.3, 0.4) is 0 Å². The molecule has 0 aliphatic carbocycles. The summed E-state index contributed by atoms with van der Waals surface area (Å²) in [7, 11) is 3.21. The molecule has 0 aliphatic rings. The molecule has 2 N–H and O–H groups in total. The monoisotopic (exact) mass is 454 g/mol. The van der Waals surface area contributed by atoms with Gasteiger partial charge in [0.15, 0.2) is 23.3 Å². The fraction of sp³-hybridized carbons (Fsp3) is 0.154. The van der Waals surface area contributed by atoms with Crippen molar-refractivity contribution in [3.8, 4) is 57.1 Å². The minimum absolute atomic E-state index is 0.576. The topological polar surface area (TPSA) is 102 Å². The van der Waals surface area contributed by atoms with Crippen molar-refractivity contribution in [3.63, 3.8) is 0 Å². The Kier molecular flexibility index (Phi) is 6.98. The number of rotatable bonds is 6. The second kappa shape index (κ2) is 10.4. The fourth-order valence-electron chi connectivity index (χ4n) is 3.47. The Morgan fingerprint density at radius 1 is 0.588 bits per heavy atom. The van der Waals surface area contributed by atoms with Gasteiger partial charge in [0.1, 0.15) is 11.5 Å². The SMILES string of the molecule is CC.COc1cc(OC)c(-c2nc(-c3ccccc3)n[nH]2)cc1-c1nc(-c2ccccc2)n[nH]1. The molecule has 8 nitrogen and oxygen atoms in total. The molecule has 8 heteroatoms. The van der Waals surface area contributed by atoms with E-state index in [4.69, 9.17) is 9.47 Å². The van der Waals surface area contributed by atoms with E-state index in [0.717, 1.165) is 22.3 Å². The van der Waals surface area contributed by atoms with Crippen LogP contribution in [0.5, 0.6) is 11.5 Å². The Morgan fingerprint density at radius 2 is 1.00 bits per heavy atom. The summed E-state index contributed by atoms with van der Waals surface area (Å²) in [5.74, 6) is 3.56. The highest BCUT2D eigenvalue weighted by atomic mass is 16.5. The average molecular weight is 455 g/mol. The number of aromatic nitrogens is 6. The van der Waals surface area contributed by atoms with Gasteiger partial charge in [-0.1, -0.05) is 74.5 Å². The number of ether oxygens (including phenoxy) is 2. The molecule has 0 amide bonds. The van der Waals surface area contributed by atoms with E-state index in [1.54, 1.807) is 20.3 Å². The lowest BCUT2D eigenvalue weighted by atomic mass is 10.1. The quantitative estimate of drug-likeness (QED) is 0.345. The number of hydrogen-bond donors (Lipinski definition) is 2. The lowest BCUT2D eigenvalue weighted by molar-refractivity contribution is 0.396. The van der Waals surface area contributed by atoms with Crippen molar-refractivity contribution < 1.29 is 9.47 Å². The minimum atomic E-state index is 0.576. The van der Waals surface area contributed by atoms with Gasteiger partial charge in [-0.3, -0.25) is 10.2 Å². The van der Waals surface area contributed by atoms with E-state index >= 15 is 0 Å². The normalized spacial score (nSPS) is 10.4. The van der Waals surface area contributed by atoms with Crippen LogP contribution in [0.2, 0.25) is 0 Å². The molecule has 0 bridgehead atoms. The summed E-state index contributed by atoms with van der Waals surface area (Å²) in [6, 6.07) is 23.3. The number of methoxy groups -OCH3 is 2. The van der Waals surface area contributed by atoms with E-state index in [2.05, 4.69) is 30.4 Å². The molecular weight excluding hydrogens is 428 g/mol. The predicted octanol–water partition coefficient (Wildman–Crippen LogP) is 5.63. The average Bonchev–Trinajstić information content (AvgIpc) is 3.61. The van der Waals surface area contributed by atoms with Gasteiger partial charge in [-0.2, -0.15) is 10.2 Å². The first-order valence-electron chi connectivity index (χ1n) is 11.0. The van der Waals surface area contributed by atoms with E-state index in [9.17, 15) is 0 Å². The van der Waals surface area contributed by atoms with Crippen LogP contribution >= 0.6 is 0 Å². The number of nitrogens with zero attached hydrogens (tertiary/aromatic N) is 4. The molecule has 0 fully saturated rings. The fourth-order valence-corrected chi connectivity index (χ4v) is 3.47. The third kappa shape index (κ3) is 4.52. The van der Waals surface area contributed by atoms with Crippen LogP contribution in [0, 0.1) is 0 Å². The van der Waals surface area contributed by atoms with E-state index in [1.165, 1.54) is 0 Å². The molecule has 5 rings (SSSR count). The zero-order chi connectivity index (χ0) is 23.9. The molecule has 0 aliphatic heterocycles. The lowest BCUT2D eigenvalue weighted by Crippen LogP contribution is -1.96. The number of H-pyrrole nitrogens is 2. The van der Waals surface area contributed by atoms with Crippen molar-refractivity contribution in [2.45, 2.75) is 13.8 Å². The summed E-state index contributed by atoms with van der Waals surface area (Å²) in [5.41, 5.74) is 3.31. The maximum absolute atomic E-state index is 5.61. The van der Waals surface area contributed by atoms with Crippen molar-refractivity contribution in [2.75, 3.05) is 14.2 Å². The predicted molar refractivity (Wildman–Crippen MR) is 133 cm³/mol. The van der Waals surface area contributed by atoms with Gasteiger partial charge < -0.3 is 9.47 Å². The van der Waals surface area contributed by atoms with Gasteiger partial charge in [0.25, 0.3) is 0 Å². The summed E-state index contributed by atoms with van der Waals surface area (Å²) in [4.78, 5) is 9.34. The molecule has 2 aromatic heterocycles. The van der Waals surface area contributed by atoms with E-state index < -0.39 is 0 Å². The van der Waals surface area contributed by atoms with Crippen LogP contribution in [0.4, 0.5) is 0 Å². The third-order valence-corrected chi connectivity index (χ3v) is 5.07. The summed E-state index contributed by atoms with van der Waals surface area (Å²) in [6.07, 6.45) is 0. The van der Waals surface area contributed by atoms with Crippen LogP contribution in [0.1, 0.15) is 13.8 Å². The van der Waals surface area contributed by atoms with Crippen LogP contribution in [-0.4, -0.2) is 44.6 Å². The first-order valence-corrected chi connectivity index (χ1v) is 11.0. The summed E-state index contributed by atoms with van der Waals surface area (Å²) in [6.45, 7) is 4.00. The molecule has 3 aromatic carbocycles. The number of nitrogens with one attached hydrogen (secondary N) is 2. The van der Waals surface area contributed by atoms with Crippen molar-refractivity contribution in [2.24, 2.45) is 0 Å².